The Morgan fingerprint density at radius 1 is 1.65 bits per heavy atom. The standard InChI is InChI=1S/C9H16N4O2S2/c1-8(9(10)16)17(14,15)12-5-3-7-13-6-2-4-11-13/h2,4,6,8,12H,3,5,7H2,1H3,(H2,10,16). The highest BCUT2D eigenvalue weighted by Gasteiger charge is 2.22. The molecule has 1 atom stereocenters. The normalized spacial score (nSPS) is 13.5. The molecule has 6 nitrogen and oxygen atoms in total. The van der Waals surface area contributed by atoms with E-state index < -0.39 is 15.3 Å². The lowest BCUT2D eigenvalue weighted by atomic mass is 10.4. The monoisotopic (exact) mass is 276 g/mol. The Balaban J connectivity index is 2.33. The molecule has 0 spiro atoms. The summed E-state index contributed by atoms with van der Waals surface area (Å²) in [7, 11) is -3.45. The lowest BCUT2D eigenvalue weighted by molar-refractivity contribution is 0.551. The molecule has 1 aromatic heterocycles. The molecule has 0 radical (unpaired) electrons. The largest absolute Gasteiger partial charge is 0.392 e. The van der Waals surface area contributed by atoms with E-state index in [-0.39, 0.29) is 4.99 Å². The van der Waals surface area contributed by atoms with E-state index in [9.17, 15) is 8.42 Å². The first kappa shape index (κ1) is 14.1. The molecule has 0 saturated carbocycles. The molecule has 96 valence electrons. The van der Waals surface area contributed by atoms with Gasteiger partial charge in [-0.25, -0.2) is 13.1 Å². The summed E-state index contributed by atoms with van der Waals surface area (Å²) in [6.45, 7) is 2.48. The van der Waals surface area contributed by atoms with Gasteiger partial charge in [0.25, 0.3) is 0 Å². The first-order valence-electron chi connectivity index (χ1n) is 5.18. The van der Waals surface area contributed by atoms with Crippen molar-refractivity contribution in [2.24, 2.45) is 5.73 Å². The fourth-order valence-electron chi connectivity index (χ4n) is 1.17. The summed E-state index contributed by atoms with van der Waals surface area (Å²) in [5.41, 5.74) is 5.30. The number of aryl methyl sites for hydroxylation is 1. The molecule has 0 aliphatic carbocycles. The number of thiocarbonyl (C=S) groups is 1. The second-order valence-electron chi connectivity index (χ2n) is 3.61. The molecule has 1 rings (SSSR count). The molecule has 0 amide bonds. The zero-order chi connectivity index (χ0) is 12.9. The Hall–Kier alpha value is -0.990. The second-order valence-corrected chi connectivity index (χ2v) is 6.16. The average molecular weight is 276 g/mol. The van der Waals surface area contributed by atoms with Crippen LogP contribution in [0, 0.1) is 0 Å². The number of nitrogens with zero attached hydrogens (tertiary/aromatic N) is 2. The van der Waals surface area contributed by atoms with E-state index in [0.717, 1.165) is 0 Å². The number of nitrogens with one attached hydrogen (secondary N) is 1. The van der Waals surface area contributed by atoms with Crippen LogP contribution in [0.25, 0.3) is 0 Å². The van der Waals surface area contributed by atoms with E-state index in [1.54, 1.807) is 10.9 Å². The van der Waals surface area contributed by atoms with Crippen molar-refractivity contribution < 1.29 is 8.42 Å². The van der Waals surface area contributed by atoms with Gasteiger partial charge in [-0.2, -0.15) is 5.10 Å². The van der Waals surface area contributed by atoms with Crippen LogP contribution in [0.4, 0.5) is 0 Å². The van der Waals surface area contributed by atoms with Crippen LogP contribution in [0.1, 0.15) is 13.3 Å². The summed E-state index contributed by atoms with van der Waals surface area (Å²) < 4.78 is 27.5. The molecule has 0 aliphatic heterocycles. The van der Waals surface area contributed by atoms with E-state index in [4.69, 9.17) is 5.73 Å². The predicted octanol–water partition coefficient (Wildman–Crippen LogP) is -0.133. The molecule has 0 aromatic carbocycles. The summed E-state index contributed by atoms with van der Waals surface area (Å²) >= 11 is 4.65. The molecule has 1 heterocycles. The number of sulfonamides is 1. The highest BCUT2D eigenvalue weighted by molar-refractivity contribution is 7.93. The summed E-state index contributed by atoms with van der Waals surface area (Å²) in [5.74, 6) is 0. The van der Waals surface area contributed by atoms with Gasteiger partial charge in [-0.05, 0) is 19.4 Å². The average Bonchev–Trinajstić information content (AvgIpc) is 2.76. The van der Waals surface area contributed by atoms with Gasteiger partial charge in [0.15, 0.2) is 0 Å². The molecule has 8 heteroatoms. The molecular formula is C9H16N4O2S2. The van der Waals surface area contributed by atoms with E-state index in [1.165, 1.54) is 6.92 Å². The summed E-state index contributed by atoms with van der Waals surface area (Å²) in [4.78, 5) is -0.0235. The van der Waals surface area contributed by atoms with E-state index in [0.29, 0.717) is 19.5 Å². The van der Waals surface area contributed by atoms with Gasteiger partial charge < -0.3 is 5.73 Å². The highest BCUT2D eigenvalue weighted by atomic mass is 32.2. The fraction of sp³-hybridized carbons (Fsp3) is 0.556. The Morgan fingerprint density at radius 3 is 2.88 bits per heavy atom. The lowest BCUT2D eigenvalue weighted by Gasteiger charge is -2.12. The molecule has 0 fully saturated rings. The molecule has 3 N–H and O–H groups in total. The maximum atomic E-state index is 11.6. The van der Waals surface area contributed by atoms with Gasteiger partial charge in [0.05, 0.1) is 4.99 Å². The van der Waals surface area contributed by atoms with Gasteiger partial charge >= 0.3 is 0 Å². The Morgan fingerprint density at radius 2 is 2.35 bits per heavy atom. The van der Waals surface area contributed by atoms with E-state index in [2.05, 4.69) is 22.0 Å². The maximum Gasteiger partial charge on any atom is 0.220 e. The van der Waals surface area contributed by atoms with Crippen molar-refractivity contribution >= 4 is 27.2 Å². The van der Waals surface area contributed by atoms with Crippen LogP contribution < -0.4 is 10.5 Å². The van der Waals surface area contributed by atoms with Gasteiger partial charge in [0.2, 0.25) is 10.0 Å². The SMILES string of the molecule is CC(C(N)=S)S(=O)(=O)NCCCn1cccn1. The third-order valence-corrected chi connectivity index (χ3v) is 4.59. The number of hydrogen-bond acceptors (Lipinski definition) is 4. The fourth-order valence-corrected chi connectivity index (χ4v) is 2.53. The zero-order valence-corrected chi connectivity index (χ0v) is 11.2. The smallest absolute Gasteiger partial charge is 0.220 e. The predicted molar refractivity (Wildman–Crippen MR) is 70.0 cm³/mol. The van der Waals surface area contributed by atoms with Crippen molar-refractivity contribution in [1.29, 1.82) is 0 Å². The van der Waals surface area contributed by atoms with Crippen LogP contribution in [0.15, 0.2) is 18.5 Å². The number of hydrogen-bond donors (Lipinski definition) is 2. The van der Waals surface area contributed by atoms with E-state index in [1.807, 2.05) is 12.3 Å². The minimum atomic E-state index is -3.45. The van der Waals surface area contributed by atoms with Crippen LogP contribution in [0.3, 0.4) is 0 Å². The number of aromatic nitrogens is 2. The van der Waals surface area contributed by atoms with Gasteiger partial charge in [0.1, 0.15) is 5.25 Å². The first-order valence-corrected chi connectivity index (χ1v) is 7.14. The minimum absolute atomic E-state index is 0.0235. The van der Waals surface area contributed by atoms with Gasteiger partial charge in [-0.3, -0.25) is 4.68 Å². The molecule has 0 aliphatic rings. The topological polar surface area (TPSA) is 90.0 Å². The van der Waals surface area contributed by atoms with Crippen molar-refractivity contribution in [3.8, 4) is 0 Å². The van der Waals surface area contributed by atoms with Crippen LogP contribution in [-0.2, 0) is 16.6 Å². The molecule has 0 saturated heterocycles. The van der Waals surface area contributed by atoms with Crippen LogP contribution in [-0.4, -0.2) is 35.0 Å². The van der Waals surface area contributed by atoms with Crippen molar-refractivity contribution in [1.82, 2.24) is 14.5 Å². The third kappa shape index (κ3) is 4.41. The second kappa shape index (κ2) is 6.08. The first-order chi connectivity index (χ1) is 7.93. The Bertz CT molecular complexity index is 455. The van der Waals surface area contributed by atoms with Crippen LogP contribution in [0.2, 0.25) is 0 Å². The number of rotatable bonds is 7. The van der Waals surface area contributed by atoms with Gasteiger partial charge in [0, 0.05) is 25.5 Å². The lowest BCUT2D eigenvalue weighted by Crippen LogP contribution is -2.40. The van der Waals surface area contributed by atoms with Gasteiger partial charge in [-0.1, -0.05) is 12.2 Å². The molecule has 1 aromatic rings. The van der Waals surface area contributed by atoms with Gasteiger partial charge in [-0.15, -0.1) is 0 Å². The summed E-state index contributed by atoms with van der Waals surface area (Å²) in [5, 5.41) is 3.17. The molecule has 0 bridgehead atoms. The minimum Gasteiger partial charge on any atom is -0.392 e. The van der Waals surface area contributed by atoms with Crippen molar-refractivity contribution in [2.45, 2.75) is 25.1 Å². The van der Waals surface area contributed by atoms with Crippen molar-refractivity contribution in [3.63, 3.8) is 0 Å². The van der Waals surface area contributed by atoms with Crippen LogP contribution >= 0.6 is 12.2 Å². The molecule has 17 heavy (non-hydrogen) atoms. The summed E-state index contributed by atoms with van der Waals surface area (Å²) in [6.07, 6.45) is 4.16. The van der Waals surface area contributed by atoms with E-state index >= 15 is 0 Å². The zero-order valence-electron chi connectivity index (χ0n) is 9.54. The molecular weight excluding hydrogens is 260 g/mol. The third-order valence-electron chi connectivity index (χ3n) is 2.29. The quantitative estimate of drug-likeness (QED) is 0.535. The van der Waals surface area contributed by atoms with Crippen LogP contribution in [0.5, 0.6) is 0 Å². The number of nitrogens with two attached hydrogens (primary N) is 1. The summed E-state index contributed by atoms with van der Waals surface area (Å²) in [6, 6.07) is 1.82. The highest BCUT2D eigenvalue weighted by Crippen LogP contribution is 1.99. The van der Waals surface area contributed by atoms with Crippen molar-refractivity contribution in [3.05, 3.63) is 18.5 Å². The maximum absolute atomic E-state index is 11.6. The Kier molecular flexibility index (Phi) is 5.03. The van der Waals surface area contributed by atoms with Crippen molar-refractivity contribution in [2.75, 3.05) is 6.54 Å². The molecule has 1 unspecified atom stereocenters. The Labute approximate surface area is 106 Å².